The number of amides is 1. The molecule has 1 N–H and O–H groups in total. The Balaban J connectivity index is 1.56. The lowest BCUT2D eigenvalue weighted by Gasteiger charge is -2.37. The van der Waals surface area contributed by atoms with Gasteiger partial charge < -0.3 is 10.2 Å². The number of benzene rings is 3. The minimum atomic E-state index is -1.32. The Morgan fingerprint density at radius 2 is 1.66 bits per heavy atom. The number of fused-ring (bicyclic) bond motifs is 6. The van der Waals surface area contributed by atoms with E-state index in [1.165, 1.54) is 11.3 Å². The maximum Gasteiger partial charge on any atom is 0.238 e. The molecule has 0 bridgehead atoms. The number of para-hydroxylation sites is 2. The number of hydrogen-bond acceptors (Lipinski definition) is 5. The molecular weight excluding hydrogens is 516 g/mol. The fourth-order valence-electron chi connectivity index (χ4n) is 6.51. The van der Waals surface area contributed by atoms with Crippen molar-refractivity contribution in [2.45, 2.75) is 17.5 Å². The third kappa shape index (κ3) is 3.01. The molecule has 38 heavy (non-hydrogen) atoms. The first-order chi connectivity index (χ1) is 18.5. The van der Waals surface area contributed by atoms with Gasteiger partial charge in [-0.2, -0.15) is 0 Å². The van der Waals surface area contributed by atoms with Gasteiger partial charge >= 0.3 is 0 Å². The number of rotatable bonds is 4. The molecule has 5 nitrogen and oxygen atoms in total. The first-order valence-corrected chi connectivity index (χ1v) is 13.6. The highest BCUT2D eigenvalue weighted by molar-refractivity contribution is 7.12. The lowest BCUT2D eigenvalue weighted by atomic mass is 9.64. The zero-order valence-corrected chi connectivity index (χ0v) is 21.6. The second kappa shape index (κ2) is 8.51. The van der Waals surface area contributed by atoms with Crippen LogP contribution in [0.4, 0.5) is 11.4 Å². The van der Waals surface area contributed by atoms with E-state index in [0.717, 1.165) is 16.8 Å². The number of carbonyl (C=O) groups is 3. The molecule has 0 unspecified atom stereocenters. The normalized spacial score (nSPS) is 24.6. The Hall–Kier alpha value is -4.00. The van der Waals surface area contributed by atoms with Gasteiger partial charge in [-0.05, 0) is 46.8 Å². The molecule has 0 radical (unpaired) electrons. The third-order valence-electron chi connectivity index (χ3n) is 8.00. The molecule has 0 saturated carbocycles. The Bertz CT molecular complexity index is 1660. The molecule has 4 heterocycles. The van der Waals surface area contributed by atoms with E-state index in [2.05, 4.69) is 5.32 Å². The van der Waals surface area contributed by atoms with Crippen molar-refractivity contribution >= 4 is 57.9 Å². The largest absolute Gasteiger partial charge is 0.352 e. The molecule has 1 aromatic heterocycles. The quantitative estimate of drug-likeness (QED) is 0.313. The molecule has 7 rings (SSSR count). The van der Waals surface area contributed by atoms with Crippen molar-refractivity contribution < 1.29 is 14.4 Å². The second-order valence-electron chi connectivity index (χ2n) is 9.75. The summed E-state index contributed by atoms with van der Waals surface area (Å²) in [5.41, 5.74) is 2.14. The van der Waals surface area contributed by atoms with E-state index >= 15 is 0 Å². The van der Waals surface area contributed by atoms with Crippen LogP contribution in [0.3, 0.4) is 0 Å². The van der Waals surface area contributed by atoms with Crippen molar-refractivity contribution in [1.82, 2.24) is 0 Å². The maximum absolute atomic E-state index is 14.5. The van der Waals surface area contributed by atoms with Crippen LogP contribution in [0.1, 0.15) is 31.2 Å². The van der Waals surface area contributed by atoms with Crippen molar-refractivity contribution in [2.24, 2.45) is 5.92 Å². The number of thiophene rings is 1. The van der Waals surface area contributed by atoms with Crippen molar-refractivity contribution in [3.05, 3.63) is 123 Å². The van der Waals surface area contributed by atoms with Crippen molar-refractivity contribution in [1.29, 1.82) is 0 Å². The zero-order valence-electron chi connectivity index (χ0n) is 20.0. The highest BCUT2D eigenvalue weighted by Gasteiger charge is 2.70. The van der Waals surface area contributed by atoms with E-state index in [1.807, 2.05) is 77.0 Å². The standard InChI is InChI=1S/C31H21ClN2O3S/c32-21-11-4-2-9-19(21)28(35)27-26(29(36)24-14-7-17-38-24)31(20-10-3-5-12-22(20)33-30(31)37)25-16-15-18-8-1-6-13-23(18)34(25)27/h1-17,25-27H,(H,33,37)/t25-,26-,27+,31-/m1/s1. The van der Waals surface area contributed by atoms with Crippen LogP contribution in [0.5, 0.6) is 0 Å². The molecule has 3 aliphatic rings. The Kier molecular flexibility index (Phi) is 5.18. The van der Waals surface area contributed by atoms with Gasteiger partial charge in [-0.1, -0.05) is 78.4 Å². The van der Waals surface area contributed by atoms with Crippen LogP contribution in [0.25, 0.3) is 6.08 Å². The summed E-state index contributed by atoms with van der Waals surface area (Å²) in [4.78, 5) is 45.8. The van der Waals surface area contributed by atoms with E-state index in [4.69, 9.17) is 11.6 Å². The molecule has 3 aliphatic heterocycles. The predicted molar refractivity (Wildman–Crippen MR) is 150 cm³/mol. The van der Waals surface area contributed by atoms with Crippen LogP contribution < -0.4 is 10.2 Å². The lowest BCUT2D eigenvalue weighted by Crippen LogP contribution is -2.51. The number of anilines is 2. The number of hydrogen-bond donors (Lipinski definition) is 1. The molecular formula is C31H21ClN2O3S. The number of ketones is 2. The van der Waals surface area contributed by atoms with Gasteiger partial charge in [0, 0.05) is 16.9 Å². The first-order valence-electron chi connectivity index (χ1n) is 12.4. The first kappa shape index (κ1) is 23.1. The summed E-state index contributed by atoms with van der Waals surface area (Å²) in [5, 5.41) is 5.19. The number of carbonyl (C=O) groups excluding carboxylic acids is 3. The number of halogens is 1. The molecule has 1 fully saturated rings. The molecule has 7 heteroatoms. The van der Waals surface area contributed by atoms with Crippen LogP contribution in [-0.4, -0.2) is 29.6 Å². The molecule has 4 atom stereocenters. The summed E-state index contributed by atoms with van der Waals surface area (Å²) in [5.74, 6) is -1.77. The highest BCUT2D eigenvalue weighted by Crippen LogP contribution is 2.58. The summed E-state index contributed by atoms with van der Waals surface area (Å²) in [6.45, 7) is 0. The van der Waals surface area contributed by atoms with Crippen molar-refractivity contribution in [3.8, 4) is 0 Å². The van der Waals surface area contributed by atoms with Crippen molar-refractivity contribution in [3.63, 3.8) is 0 Å². The van der Waals surface area contributed by atoms with Crippen LogP contribution in [-0.2, 0) is 10.2 Å². The summed E-state index contributed by atoms with van der Waals surface area (Å²) < 4.78 is 0. The molecule has 1 spiro atoms. The molecule has 3 aromatic carbocycles. The highest BCUT2D eigenvalue weighted by atomic mass is 35.5. The Morgan fingerprint density at radius 1 is 0.895 bits per heavy atom. The lowest BCUT2D eigenvalue weighted by molar-refractivity contribution is -0.121. The molecule has 1 saturated heterocycles. The summed E-state index contributed by atoms with van der Waals surface area (Å²) in [7, 11) is 0. The van der Waals surface area contributed by atoms with Gasteiger partial charge in [-0.3, -0.25) is 14.4 Å². The van der Waals surface area contributed by atoms with E-state index in [9.17, 15) is 14.4 Å². The fraction of sp³-hybridized carbons (Fsp3) is 0.129. The average molecular weight is 537 g/mol. The average Bonchev–Trinajstić information content (AvgIpc) is 3.65. The number of nitrogens with zero attached hydrogens (tertiary/aromatic N) is 1. The summed E-state index contributed by atoms with van der Waals surface area (Å²) in [6.07, 6.45) is 3.96. The molecule has 0 aliphatic carbocycles. The molecule has 4 aromatic rings. The molecule has 186 valence electrons. The van der Waals surface area contributed by atoms with Crippen molar-refractivity contribution in [2.75, 3.05) is 10.2 Å². The number of nitrogens with one attached hydrogen (secondary N) is 1. The number of Topliss-reactive ketones (excluding diaryl/α,β-unsaturated/α-hetero) is 2. The van der Waals surface area contributed by atoms with Crippen LogP contribution in [0.2, 0.25) is 5.02 Å². The van der Waals surface area contributed by atoms with Gasteiger partial charge in [-0.15, -0.1) is 11.3 Å². The Morgan fingerprint density at radius 3 is 2.47 bits per heavy atom. The molecule has 1 amide bonds. The zero-order chi connectivity index (χ0) is 26.0. The van der Waals surface area contributed by atoms with Gasteiger partial charge in [0.05, 0.1) is 21.9 Å². The maximum atomic E-state index is 14.5. The minimum Gasteiger partial charge on any atom is -0.352 e. The minimum absolute atomic E-state index is 0.225. The van der Waals surface area contributed by atoms with Crippen LogP contribution in [0.15, 0.2) is 96.4 Å². The third-order valence-corrected chi connectivity index (χ3v) is 9.21. The Labute approximate surface area is 228 Å². The monoisotopic (exact) mass is 536 g/mol. The smallest absolute Gasteiger partial charge is 0.238 e. The predicted octanol–water partition coefficient (Wildman–Crippen LogP) is 6.26. The fourth-order valence-corrected chi connectivity index (χ4v) is 7.45. The van der Waals surface area contributed by atoms with Crippen LogP contribution >= 0.6 is 22.9 Å². The van der Waals surface area contributed by atoms with E-state index in [-0.39, 0.29) is 17.5 Å². The van der Waals surface area contributed by atoms with Gasteiger partial charge in [0.1, 0.15) is 11.5 Å². The van der Waals surface area contributed by atoms with Crippen LogP contribution in [0, 0.1) is 5.92 Å². The van der Waals surface area contributed by atoms with E-state index in [1.54, 1.807) is 30.3 Å². The van der Waals surface area contributed by atoms with Gasteiger partial charge in [0.2, 0.25) is 5.91 Å². The van der Waals surface area contributed by atoms with Gasteiger partial charge in [0.15, 0.2) is 11.6 Å². The van der Waals surface area contributed by atoms with E-state index < -0.39 is 23.4 Å². The topological polar surface area (TPSA) is 66.5 Å². The summed E-state index contributed by atoms with van der Waals surface area (Å²) >= 11 is 7.86. The summed E-state index contributed by atoms with van der Waals surface area (Å²) in [6, 6.07) is 24.2. The van der Waals surface area contributed by atoms with E-state index in [0.29, 0.717) is 21.2 Å². The van der Waals surface area contributed by atoms with Gasteiger partial charge in [-0.25, -0.2) is 0 Å². The second-order valence-corrected chi connectivity index (χ2v) is 11.1. The SMILES string of the molecule is O=C(c1ccccc1Cl)[C@@H]1[C@H](C(=O)c2cccs2)[C@]2(C(=O)Nc3ccccc32)[C@H]2C=Cc3ccccc3N12. The van der Waals surface area contributed by atoms with Gasteiger partial charge in [0.25, 0.3) is 0 Å².